The zero-order valence-electron chi connectivity index (χ0n) is 14.0. The maximum Gasteiger partial charge on any atom is 0.231 e. The van der Waals surface area contributed by atoms with E-state index < -0.39 is 5.54 Å². The fourth-order valence-corrected chi connectivity index (χ4v) is 2.97. The predicted octanol–water partition coefficient (Wildman–Crippen LogP) is 3.40. The average molecular weight is 325 g/mol. The lowest BCUT2D eigenvalue weighted by molar-refractivity contribution is -0.129. The number of hydrogen-bond donors (Lipinski definition) is 2. The van der Waals surface area contributed by atoms with Gasteiger partial charge in [-0.1, -0.05) is 35.9 Å². The molecular formula is C19H20FN3O. The van der Waals surface area contributed by atoms with Gasteiger partial charge in [0.25, 0.3) is 0 Å². The quantitative estimate of drug-likeness (QED) is 0.889. The van der Waals surface area contributed by atoms with E-state index in [4.69, 9.17) is 5.41 Å². The minimum atomic E-state index is -0.939. The van der Waals surface area contributed by atoms with E-state index in [2.05, 4.69) is 5.32 Å². The van der Waals surface area contributed by atoms with E-state index in [9.17, 15) is 9.18 Å². The van der Waals surface area contributed by atoms with E-state index in [1.165, 1.54) is 18.0 Å². The molecule has 1 saturated heterocycles. The molecule has 3 rings (SSSR count). The molecule has 0 saturated carbocycles. The van der Waals surface area contributed by atoms with Gasteiger partial charge in [-0.25, -0.2) is 4.39 Å². The molecule has 0 bridgehead atoms. The van der Waals surface area contributed by atoms with Crippen molar-refractivity contribution in [2.45, 2.75) is 25.8 Å². The Hall–Kier alpha value is -2.69. The van der Waals surface area contributed by atoms with Gasteiger partial charge in [-0.15, -0.1) is 0 Å². The minimum absolute atomic E-state index is 0.0195. The van der Waals surface area contributed by atoms with Gasteiger partial charge in [0.05, 0.1) is 12.0 Å². The monoisotopic (exact) mass is 325 g/mol. The number of benzene rings is 2. The fourth-order valence-electron chi connectivity index (χ4n) is 2.97. The van der Waals surface area contributed by atoms with Gasteiger partial charge < -0.3 is 5.32 Å². The molecule has 1 heterocycles. The first-order chi connectivity index (χ1) is 11.3. The van der Waals surface area contributed by atoms with Crippen molar-refractivity contribution in [2.24, 2.45) is 0 Å². The van der Waals surface area contributed by atoms with Gasteiger partial charge in [0.2, 0.25) is 5.91 Å². The van der Waals surface area contributed by atoms with Gasteiger partial charge >= 0.3 is 0 Å². The van der Waals surface area contributed by atoms with Crippen molar-refractivity contribution in [1.29, 1.82) is 5.41 Å². The largest absolute Gasteiger partial charge is 0.346 e. The molecule has 124 valence electrons. The molecule has 2 aromatic carbocycles. The molecule has 2 N–H and O–H groups in total. The number of hydrogen-bond acceptors (Lipinski definition) is 2. The minimum Gasteiger partial charge on any atom is -0.346 e. The molecule has 1 atom stereocenters. The van der Waals surface area contributed by atoms with E-state index in [1.54, 1.807) is 19.1 Å². The van der Waals surface area contributed by atoms with Gasteiger partial charge in [0.1, 0.15) is 5.82 Å². The van der Waals surface area contributed by atoms with Crippen LogP contribution in [0.15, 0.2) is 42.5 Å². The number of halogens is 1. The number of carbonyl (C=O) groups excluding carboxylic acids is 1. The smallest absolute Gasteiger partial charge is 0.231 e. The van der Waals surface area contributed by atoms with Crippen molar-refractivity contribution in [1.82, 2.24) is 10.2 Å². The summed E-state index contributed by atoms with van der Waals surface area (Å²) in [6.45, 7) is 3.77. The van der Waals surface area contributed by atoms with Gasteiger partial charge in [-0.05, 0) is 37.1 Å². The number of guanidine groups is 1. The molecule has 1 amide bonds. The van der Waals surface area contributed by atoms with Crippen LogP contribution in [0.5, 0.6) is 0 Å². The Bertz CT molecular complexity index is 796. The number of nitrogens with zero attached hydrogens (tertiary/aromatic N) is 1. The lowest BCUT2D eigenvalue weighted by Gasteiger charge is -2.39. The van der Waals surface area contributed by atoms with Crippen LogP contribution in [-0.4, -0.2) is 23.8 Å². The molecule has 2 aromatic rings. The third-order valence-corrected chi connectivity index (χ3v) is 4.55. The van der Waals surface area contributed by atoms with E-state index in [1.807, 2.05) is 31.2 Å². The van der Waals surface area contributed by atoms with Crippen LogP contribution in [0.4, 0.5) is 4.39 Å². The second kappa shape index (κ2) is 5.74. The Balaban J connectivity index is 2.04. The lowest BCUT2D eigenvalue weighted by atomic mass is 9.84. The number of nitrogens with one attached hydrogen (secondary N) is 2. The maximum absolute atomic E-state index is 14.5. The second-order valence-electron chi connectivity index (χ2n) is 6.50. The summed E-state index contributed by atoms with van der Waals surface area (Å²) in [5.41, 5.74) is 2.48. The molecule has 1 aliphatic rings. The zero-order chi connectivity index (χ0) is 17.5. The van der Waals surface area contributed by atoms with Crippen molar-refractivity contribution in [3.63, 3.8) is 0 Å². The van der Waals surface area contributed by atoms with Crippen LogP contribution < -0.4 is 5.32 Å². The summed E-state index contributed by atoms with van der Waals surface area (Å²) in [6, 6.07) is 12.9. The molecule has 0 unspecified atom stereocenters. The Morgan fingerprint density at radius 1 is 1.17 bits per heavy atom. The van der Waals surface area contributed by atoms with Crippen LogP contribution in [0.2, 0.25) is 0 Å². The summed E-state index contributed by atoms with van der Waals surface area (Å²) in [5, 5.41) is 10.9. The topological polar surface area (TPSA) is 56.2 Å². The molecule has 24 heavy (non-hydrogen) atoms. The summed E-state index contributed by atoms with van der Waals surface area (Å²) < 4.78 is 14.5. The van der Waals surface area contributed by atoms with Gasteiger partial charge in [0, 0.05) is 12.6 Å². The van der Waals surface area contributed by atoms with E-state index >= 15 is 0 Å². The van der Waals surface area contributed by atoms with Crippen molar-refractivity contribution >= 4 is 11.9 Å². The highest BCUT2D eigenvalue weighted by molar-refractivity contribution is 5.98. The number of rotatable bonds is 2. The van der Waals surface area contributed by atoms with Crippen LogP contribution >= 0.6 is 0 Å². The molecule has 0 spiro atoms. The molecule has 0 aliphatic carbocycles. The standard InChI is InChI=1S/C19H20FN3O/c1-12-4-6-13(7-5-12)14-8-9-16(20)15(10-14)19(2)11-17(24)23(3)18(21)22-19/h4-10H,11H2,1-3H3,(H2,21,22)/t19-/m0/s1. The highest BCUT2D eigenvalue weighted by atomic mass is 19.1. The SMILES string of the molecule is Cc1ccc(-c2ccc(F)c([C@]3(C)CC(=O)N(C)C(=N)N3)c2)cc1. The molecule has 1 fully saturated rings. The highest BCUT2D eigenvalue weighted by Crippen LogP contribution is 2.33. The summed E-state index contributed by atoms with van der Waals surface area (Å²) in [5.74, 6) is -0.610. The second-order valence-corrected chi connectivity index (χ2v) is 6.50. The summed E-state index contributed by atoms with van der Waals surface area (Å²) >= 11 is 0. The Morgan fingerprint density at radius 3 is 2.42 bits per heavy atom. The fraction of sp³-hybridized carbons (Fsp3) is 0.263. The highest BCUT2D eigenvalue weighted by Gasteiger charge is 2.39. The number of aryl methyl sites for hydroxylation is 1. The first-order valence-corrected chi connectivity index (χ1v) is 7.80. The van der Waals surface area contributed by atoms with Crippen LogP contribution in [0.25, 0.3) is 11.1 Å². The zero-order valence-corrected chi connectivity index (χ0v) is 14.0. The summed E-state index contributed by atoms with van der Waals surface area (Å²) in [7, 11) is 1.54. The molecule has 4 nitrogen and oxygen atoms in total. The number of carbonyl (C=O) groups is 1. The molecule has 0 aromatic heterocycles. The van der Waals surface area contributed by atoms with Crippen LogP contribution in [0.1, 0.15) is 24.5 Å². The molecule has 5 heteroatoms. The normalized spacial score (nSPS) is 20.9. The van der Waals surface area contributed by atoms with Crippen LogP contribution in [-0.2, 0) is 10.3 Å². The predicted molar refractivity (Wildman–Crippen MR) is 92.2 cm³/mol. The van der Waals surface area contributed by atoms with Crippen LogP contribution in [0, 0.1) is 18.2 Å². The third-order valence-electron chi connectivity index (χ3n) is 4.55. The van der Waals surface area contributed by atoms with Crippen molar-refractivity contribution in [2.75, 3.05) is 7.05 Å². The molecule has 1 aliphatic heterocycles. The lowest BCUT2D eigenvalue weighted by Crippen LogP contribution is -2.58. The van der Waals surface area contributed by atoms with Crippen molar-refractivity contribution < 1.29 is 9.18 Å². The van der Waals surface area contributed by atoms with E-state index in [0.717, 1.165) is 16.7 Å². The summed E-state index contributed by atoms with van der Waals surface area (Å²) in [6.07, 6.45) is 0.0974. The Morgan fingerprint density at radius 2 is 1.79 bits per heavy atom. The van der Waals surface area contributed by atoms with E-state index in [0.29, 0.717) is 5.56 Å². The van der Waals surface area contributed by atoms with E-state index in [-0.39, 0.29) is 24.1 Å². The number of amides is 1. The molecule has 0 radical (unpaired) electrons. The Labute approximate surface area is 140 Å². The van der Waals surface area contributed by atoms with Gasteiger partial charge in [0.15, 0.2) is 5.96 Å². The van der Waals surface area contributed by atoms with Gasteiger partial charge in [-0.2, -0.15) is 0 Å². The molecular weight excluding hydrogens is 305 g/mol. The van der Waals surface area contributed by atoms with Crippen LogP contribution in [0.3, 0.4) is 0 Å². The average Bonchev–Trinajstić information content (AvgIpc) is 2.54. The Kier molecular flexibility index (Phi) is 3.87. The van der Waals surface area contributed by atoms with Gasteiger partial charge in [-0.3, -0.25) is 15.1 Å². The third kappa shape index (κ3) is 2.77. The maximum atomic E-state index is 14.5. The first-order valence-electron chi connectivity index (χ1n) is 7.80. The first kappa shape index (κ1) is 16.2. The summed E-state index contributed by atoms with van der Waals surface area (Å²) in [4.78, 5) is 13.4. The van der Waals surface area contributed by atoms with Crippen molar-refractivity contribution in [3.8, 4) is 11.1 Å². The van der Waals surface area contributed by atoms with Crippen molar-refractivity contribution in [3.05, 3.63) is 59.4 Å².